The maximum absolute atomic E-state index is 10.7. The Kier molecular flexibility index (Phi) is 2.86. The van der Waals surface area contributed by atoms with Crippen LogP contribution in [0.1, 0.15) is 10.4 Å². The molecule has 0 saturated carbocycles. The summed E-state index contributed by atoms with van der Waals surface area (Å²) in [4.78, 5) is 10.7. The van der Waals surface area contributed by atoms with Crippen molar-refractivity contribution in [2.24, 2.45) is 0 Å². The molecule has 5 nitrogen and oxygen atoms in total. The second-order valence-corrected chi connectivity index (χ2v) is 4.01. The number of carbonyl (C=O) groups is 1. The molecule has 0 N–H and O–H groups in total. The quantitative estimate of drug-likeness (QED) is 0.668. The predicted molar refractivity (Wildman–Crippen MR) is 70.0 cm³/mol. The Balaban J connectivity index is 2.12. The molecular weight excluding hydrogens is 240 g/mol. The molecular formula is C14H10N4O. The van der Waals surface area contributed by atoms with Crippen LogP contribution in [-0.2, 0) is 0 Å². The van der Waals surface area contributed by atoms with Crippen molar-refractivity contribution < 1.29 is 4.79 Å². The highest BCUT2D eigenvalue weighted by Crippen LogP contribution is 2.25. The number of rotatable bonds is 3. The number of benzene rings is 2. The van der Waals surface area contributed by atoms with E-state index in [1.54, 1.807) is 23.1 Å². The van der Waals surface area contributed by atoms with Gasteiger partial charge >= 0.3 is 0 Å². The van der Waals surface area contributed by atoms with Gasteiger partial charge in [-0.1, -0.05) is 42.5 Å². The lowest BCUT2D eigenvalue weighted by Crippen LogP contribution is -1.97. The lowest BCUT2D eigenvalue weighted by atomic mass is 10.0. The molecule has 3 aromatic rings. The SMILES string of the molecule is O=Cc1ccc(-c2ccccc2-n2cnnn2)cc1. The van der Waals surface area contributed by atoms with E-state index in [0.29, 0.717) is 5.56 Å². The summed E-state index contributed by atoms with van der Waals surface area (Å²) >= 11 is 0. The molecule has 2 aromatic carbocycles. The van der Waals surface area contributed by atoms with Crippen LogP contribution in [0.25, 0.3) is 16.8 Å². The van der Waals surface area contributed by atoms with Crippen LogP contribution in [-0.4, -0.2) is 26.5 Å². The van der Waals surface area contributed by atoms with Crippen LogP contribution >= 0.6 is 0 Å². The monoisotopic (exact) mass is 250 g/mol. The fourth-order valence-electron chi connectivity index (χ4n) is 1.93. The summed E-state index contributed by atoms with van der Waals surface area (Å²) < 4.78 is 1.61. The first-order valence-electron chi connectivity index (χ1n) is 5.76. The number of hydrogen-bond acceptors (Lipinski definition) is 4. The highest BCUT2D eigenvalue weighted by molar-refractivity contribution is 5.78. The van der Waals surface area contributed by atoms with Crippen LogP contribution in [0.3, 0.4) is 0 Å². The van der Waals surface area contributed by atoms with Crippen LogP contribution in [0, 0.1) is 0 Å². The third-order valence-corrected chi connectivity index (χ3v) is 2.86. The largest absolute Gasteiger partial charge is 0.298 e. The molecule has 0 spiro atoms. The van der Waals surface area contributed by atoms with Gasteiger partial charge in [-0.25, -0.2) is 0 Å². The highest BCUT2D eigenvalue weighted by Gasteiger charge is 2.07. The standard InChI is InChI=1S/C14H10N4O/c19-9-11-5-7-12(8-6-11)13-3-1-2-4-14(13)18-10-15-16-17-18/h1-10H. The van der Waals surface area contributed by atoms with E-state index >= 15 is 0 Å². The second kappa shape index (κ2) is 4.81. The molecule has 5 heteroatoms. The third-order valence-electron chi connectivity index (χ3n) is 2.86. The molecule has 0 saturated heterocycles. The van der Waals surface area contributed by atoms with Gasteiger partial charge in [0, 0.05) is 11.1 Å². The van der Waals surface area contributed by atoms with E-state index in [0.717, 1.165) is 23.1 Å². The Hall–Kier alpha value is -2.82. The molecule has 0 radical (unpaired) electrons. The summed E-state index contributed by atoms with van der Waals surface area (Å²) in [6, 6.07) is 15.2. The molecule has 0 aliphatic carbocycles. The van der Waals surface area contributed by atoms with E-state index in [9.17, 15) is 4.79 Å². The molecule has 0 amide bonds. The van der Waals surface area contributed by atoms with Gasteiger partial charge in [-0.3, -0.25) is 4.79 Å². The van der Waals surface area contributed by atoms with Gasteiger partial charge in [-0.2, -0.15) is 4.68 Å². The van der Waals surface area contributed by atoms with Crippen molar-refractivity contribution in [3.8, 4) is 16.8 Å². The van der Waals surface area contributed by atoms with Crippen molar-refractivity contribution in [1.29, 1.82) is 0 Å². The molecule has 19 heavy (non-hydrogen) atoms. The minimum Gasteiger partial charge on any atom is -0.298 e. The third kappa shape index (κ3) is 2.13. The van der Waals surface area contributed by atoms with Crippen molar-refractivity contribution in [2.75, 3.05) is 0 Å². The van der Waals surface area contributed by atoms with Crippen molar-refractivity contribution >= 4 is 6.29 Å². The molecule has 1 heterocycles. The van der Waals surface area contributed by atoms with E-state index in [4.69, 9.17) is 0 Å². The van der Waals surface area contributed by atoms with Crippen molar-refractivity contribution in [1.82, 2.24) is 20.2 Å². The van der Waals surface area contributed by atoms with E-state index in [1.807, 2.05) is 36.4 Å². The van der Waals surface area contributed by atoms with Crippen molar-refractivity contribution in [3.05, 3.63) is 60.4 Å². The van der Waals surface area contributed by atoms with Crippen molar-refractivity contribution in [3.63, 3.8) is 0 Å². The number of aromatic nitrogens is 4. The first-order chi connectivity index (χ1) is 9.38. The van der Waals surface area contributed by atoms with Gasteiger partial charge in [0.25, 0.3) is 0 Å². The Morgan fingerprint density at radius 2 is 1.79 bits per heavy atom. The summed E-state index contributed by atoms with van der Waals surface area (Å²) in [6.45, 7) is 0. The summed E-state index contributed by atoms with van der Waals surface area (Å²) in [5.41, 5.74) is 3.57. The van der Waals surface area contributed by atoms with Crippen LogP contribution < -0.4 is 0 Å². The molecule has 92 valence electrons. The molecule has 0 atom stereocenters. The lowest BCUT2D eigenvalue weighted by Gasteiger charge is -2.08. The molecule has 0 bridgehead atoms. The van der Waals surface area contributed by atoms with E-state index in [1.165, 1.54) is 0 Å². The molecule has 0 aliphatic rings. The summed E-state index contributed by atoms with van der Waals surface area (Å²) in [5.74, 6) is 0. The van der Waals surface area contributed by atoms with Crippen LogP contribution in [0.5, 0.6) is 0 Å². The number of hydrogen-bond donors (Lipinski definition) is 0. The highest BCUT2D eigenvalue weighted by atomic mass is 16.1. The van der Waals surface area contributed by atoms with Gasteiger partial charge < -0.3 is 0 Å². The van der Waals surface area contributed by atoms with E-state index < -0.39 is 0 Å². The Morgan fingerprint density at radius 1 is 1.00 bits per heavy atom. The molecule has 0 fully saturated rings. The zero-order chi connectivity index (χ0) is 13.1. The summed E-state index contributed by atoms with van der Waals surface area (Å²) in [6.07, 6.45) is 2.38. The van der Waals surface area contributed by atoms with E-state index in [-0.39, 0.29) is 0 Å². The van der Waals surface area contributed by atoms with Gasteiger partial charge in [0.2, 0.25) is 0 Å². The second-order valence-electron chi connectivity index (χ2n) is 4.01. The van der Waals surface area contributed by atoms with Crippen LogP contribution in [0.4, 0.5) is 0 Å². The first kappa shape index (κ1) is 11.3. The normalized spacial score (nSPS) is 10.3. The predicted octanol–water partition coefficient (Wildman–Crippen LogP) is 2.14. The fourth-order valence-corrected chi connectivity index (χ4v) is 1.93. The Bertz CT molecular complexity index is 690. The lowest BCUT2D eigenvalue weighted by molar-refractivity contribution is 0.112. The van der Waals surface area contributed by atoms with Crippen LogP contribution in [0.2, 0.25) is 0 Å². The van der Waals surface area contributed by atoms with Gasteiger partial charge in [0.15, 0.2) is 0 Å². The number of carbonyl (C=O) groups excluding carboxylic acids is 1. The maximum Gasteiger partial charge on any atom is 0.150 e. The topological polar surface area (TPSA) is 60.7 Å². The summed E-state index contributed by atoms with van der Waals surface area (Å²) in [5, 5.41) is 11.2. The zero-order valence-corrected chi connectivity index (χ0v) is 9.97. The number of para-hydroxylation sites is 1. The number of nitrogens with zero attached hydrogens (tertiary/aromatic N) is 4. The fraction of sp³-hybridized carbons (Fsp3) is 0. The summed E-state index contributed by atoms with van der Waals surface area (Å²) in [7, 11) is 0. The minimum absolute atomic E-state index is 0.656. The minimum atomic E-state index is 0.656. The van der Waals surface area contributed by atoms with Gasteiger partial charge in [0.1, 0.15) is 12.6 Å². The Labute approximate surface area is 109 Å². The Morgan fingerprint density at radius 3 is 2.47 bits per heavy atom. The van der Waals surface area contributed by atoms with Crippen LogP contribution in [0.15, 0.2) is 54.9 Å². The smallest absolute Gasteiger partial charge is 0.150 e. The van der Waals surface area contributed by atoms with Gasteiger partial charge in [0.05, 0.1) is 5.69 Å². The maximum atomic E-state index is 10.7. The number of tetrazole rings is 1. The van der Waals surface area contributed by atoms with Gasteiger partial charge in [-0.05, 0) is 22.1 Å². The average Bonchev–Trinajstić information content (AvgIpc) is 3.01. The molecule has 1 aromatic heterocycles. The zero-order valence-electron chi connectivity index (χ0n) is 9.97. The molecule has 3 rings (SSSR count). The van der Waals surface area contributed by atoms with E-state index in [2.05, 4.69) is 15.5 Å². The molecule has 0 unspecified atom stereocenters. The molecule has 0 aliphatic heterocycles. The van der Waals surface area contributed by atoms with Crippen molar-refractivity contribution in [2.45, 2.75) is 0 Å². The first-order valence-corrected chi connectivity index (χ1v) is 5.76. The van der Waals surface area contributed by atoms with Gasteiger partial charge in [-0.15, -0.1) is 5.10 Å². The average molecular weight is 250 g/mol. The number of aldehydes is 1.